The number of hydrogen-bond donors (Lipinski definition) is 1. The van der Waals surface area contributed by atoms with Crippen LogP contribution in [-0.2, 0) is 4.74 Å². The fourth-order valence-corrected chi connectivity index (χ4v) is 7.95. The average molecular weight is 360 g/mol. The van der Waals surface area contributed by atoms with Crippen molar-refractivity contribution in [2.75, 3.05) is 0 Å². The Morgan fingerprint density at radius 2 is 1.77 bits per heavy atom. The number of rotatable bonds is 2. The summed E-state index contributed by atoms with van der Waals surface area (Å²) in [5, 5.41) is 20.3. The molecule has 2 unspecified atom stereocenters. The summed E-state index contributed by atoms with van der Waals surface area (Å²) in [5.41, 5.74) is 0.550. The van der Waals surface area contributed by atoms with Gasteiger partial charge in [0.15, 0.2) is 0 Å². The molecule has 0 radical (unpaired) electrons. The first-order chi connectivity index (χ1) is 12.3. The highest BCUT2D eigenvalue weighted by Gasteiger charge is 2.61. The third kappa shape index (κ3) is 2.67. The predicted octanol–water partition coefficient (Wildman–Crippen LogP) is 4.93. The van der Waals surface area contributed by atoms with E-state index in [9.17, 15) is 10.4 Å². The highest BCUT2D eigenvalue weighted by molar-refractivity contribution is 5.13. The molecule has 0 aliphatic heterocycles. The molecule has 3 heteroatoms. The number of aliphatic hydroxyl groups excluding tert-OH is 1. The van der Waals surface area contributed by atoms with E-state index >= 15 is 0 Å². The number of fused-ring (bicyclic) bond motifs is 5. The fraction of sp³-hybridized carbons (Fsp3) is 0.957. The quantitative estimate of drug-likeness (QED) is 0.760. The minimum absolute atomic E-state index is 0.00116. The number of ether oxygens (including phenoxy) is 1. The molecular formula is C23H37NO2. The smallest absolute Gasteiger partial charge is 0.0842 e. The average Bonchev–Trinajstić information content (AvgIpc) is 2.92. The van der Waals surface area contributed by atoms with Gasteiger partial charge < -0.3 is 9.84 Å². The normalized spacial score (nSPS) is 53.5. The molecule has 0 aromatic carbocycles. The third-order valence-electron chi connectivity index (χ3n) is 9.26. The Morgan fingerprint density at radius 3 is 2.46 bits per heavy atom. The molecule has 1 N–H and O–H groups in total. The molecule has 4 aliphatic rings. The van der Waals surface area contributed by atoms with Crippen molar-refractivity contribution in [2.45, 2.75) is 97.4 Å². The number of hydrogen-bond acceptors (Lipinski definition) is 3. The van der Waals surface area contributed by atoms with Gasteiger partial charge in [-0.2, -0.15) is 5.26 Å². The van der Waals surface area contributed by atoms with Crippen LogP contribution in [0.4, 0.5) is 0 Å². The van der Waals surface area contributed by atoms with E-state index < -0.39 is 0 Å². The lowest BCUT2D eigenvalue weighted by molar-refractivity contribution is -0.179. The van der Waals surface area contributed by atoms with Gasteiger partial charge in [0.25, 0.3) is 0 Å². The largest absolute Gasteiger partial charge is 0.390 e. The van der Waals surface area contributed by atoms with Gasteiger partial charge in [-0.1, -0.05) is 13.8 Å². The molecule has 4 rings (SSSR count). The first-order valence-corrected chi connectivity index (χ1v) is 11.0. The van der Waals surface area contributed by atoms with Crippen LogP contribution in [0.3, 0.4) is 0 Å². The zero-order valence-corrected chi connectivity index (χ0v) is 17.1. The van der Waals surface area contributed by atoms with E-state index in [-0.39, 0.29) is 29.6 Å². The van der Waals surface area contributed by atoms with E-state index in [0.717, 1.165) is 37.0 Å². The molecule has 26 heavy (non-hydrogen) atoms. The van der Waals surface area contributed by atoms with Crippen molar-refractivity contribution < 1.29 is 9.84 Å². The van der Waals surface area contributed by atoms with Crippen LogP contribution < -0.4 is 0 Å². The van der Waals surface area contributed by atoms with Crippen molar-refractivity contribution in [3.8, 4) is 6.07 Å². The van der Waals surface area contributed by atoms with Crippen LogP contribution in [0, 0.1) is 51.8 Å². The summed E-state index contributed by atoms with van der Waals surface area (Å²) in [7, 11) is 0. The first kappa shape index (κ1) is 18.8. The summed E-state index contributed by atoms with van der Waals surface area (Å²) in [5.74, 6) is 3.18. The highest BCUT2D eigenvalue weighted by Crippen LogP contribution is 2.67. The second kappa shape index (κ2) is 6.49. The van der Waals surface area contributed by atoms with E-state index in [2.05, 4.69) is 33.8 Å². The van der Waals surface area contributed by atoms with Gasteiger partial charge >= 0.3 is 0 Å². The lowest BCUT2D eigenvalue weighted by Crippen LogP contribution is -2.57. The Kier molecular flexibility index (Phi) is 4.68. The van der Waals surface area contributed by atoms with E-state index in [1.807, 2.05) is 0 Å². The van der Waals surface area contributed by atoms with Gasteiger partial charge in [-0.3, -0.25) is 0 Å². The van der Waals surface area contributed by atoms with Gasteiger partial charge in [0.05, 0.1) is 30.3 Å². The SMILES string of the molecule is CC(C)O[C@H]1C[C@@]2(C)C(CC[C@@H]3C2CC[C@]2(C)[C@H](C#N)CC[C@@H]32)C[C@@H]1O. The molecule has 0 saturated heterocycles. The number of nitrogens with zero attached hydrogens (tertiary/aromatic N) is 1. The van der Waals surface area contributed by atoms with Gasteiger partial charge in [0.1, 0.15) is 0 Å². The van der Waals surface area contributed by atoms with E-state index in [4.69, 9.17) is 4.74 Å². The van der Waals surface area contributed by atoms with Crippen LogP contribution in [0.5, 0.6) is 0 Å². The van der Waals surface area contributed by atoms with E-state index in [1.54, 1.807) is 0 Å². The summed E-state index contributed by atoms with van der Waals surface area (Å²) in [4.78, 5) is 0. The molecule has 4 aliphatic carbocycles. The van der Waals surface area contributed by atoms with E-state index in [0.29, 0.717) is 11.3 Å². The summed E-state index contributed by atoms with van der Waals surface area (Å²) in [6.07, 6.45) is 9.24. The Labute approximate surface area is 159 Å². The maximum absolute atomic E-state index is 10.7. The van der Waals surface area contributed by atoms with Gasteiger partial charge in [-0.05, 0) is 99.7 Å². The molecule has 3 nitrogen and oxygen atoms in total. The van der Waals surface area contributed by atoms with E-state index in [1.165, 1.54) is 32.1 Å². The summed E-state index contributed by atoms with van der Waals surface area (Å²) < 4.78 is 6.15. The van der Waals surface area contributed by atoms with Crippen LogP contribution >= 0.6 is 0 Å². The molecule has 0 heterocycles. The summed E-state index contributed by atoms with van der Waals surface area (Å²) >= 11 is 0. The number of nitriles is 1. The third-order valence-corrected chi connectivity index (χ3v) is 9.26. The number of aliphatic hydroxyl groups is 1. The molecule has 146 valence electrons. The Bertz CT molecular complexity index is 583. The van der Waals surface area contributed by atoms with Gasteiger partial charge in [0, 0.05) is 0 Å². The van der Waals surface area contributed by atoms with Crippen molar-refractivity contribution in [3.63, 3.8) is 0 Å². The zero-order chi connectivity index (χ0) is 18.7. The lowest BCUT2D eigenvalue weighted by atomic mass is 9.44. The highest BCUT2D eigenvalue weighted by atomic mass is 16.5. The maximum Gasteiger partial charge on any atom is 0.0842 e. The molecule has 4 saturated carbocycles. The predicted molar refractivity (Wildman–Crippen MR) is 102 cm³/mol. The Morgan fingerprint density at radius 1 is 1.04 bits per heavy atom. The van der Waals surface area contributed by atoms with Crippen LogP contribution in [0.25, 0.3) is 0 Å². The second-order valence-corrected chi connectivity index (χ2v) is 10.7. The van der Waals surface area contributed by atoms with Crippen molar-refractivity contribution in [3.05, 3.63) is 0 Å². The lowest BCUT2D eigenvalue weighted by Gasteiger charge is -2.61. The van der Waals surface area contributed by atoms with Gasteiger partial charge in [0.2, 0.25) is 0 Å². The van der Waals surface area contributed by atoms with Crippen molar-refractivity contribution in [2.24, 2.45) is 40.4 Å². The molecule has 0 aromatic heterocycles. The van der Waals surface area contributed by atoms with Crippen LogP contribution in [0.15, 0.2) is 0 Å². The molecule has 0 aromatic rings. The topological polar surface area (TPSA) is 53.2 Å². The summed E-state index contributed by atoms with van der Waals surface area (Å²) in [6.45, 7) is 9.09. The minimum atomic E-state index is -0.296. The van der Waals surface area contributed by atoms with Crippen molar-refractivity contribution in [1.29, 1.82) is 5.26 Å². The minimum Gasteiger partial charge on any atom is -0.390 e. The fourth-order valence-electron chi connectivity index (χ4n) is 7.95. The molecule has 4 fully saturated rings. The maximum atomic E-state index is 10.7. The molecule has 9 atom stereocenters. The van der Waals surface area contributed by atoms with Crippen LogP contribution in [0.2, 0.25) is 0 Å². The monoisotopic (exact) mass is 359 g/mol. The van der Waals surface area contributed by atoms with Gasteiger partial charge in [-0.15, -0.1) is 0 Å². The molecule has 0 bridgehead atoms. The zero-order valence-electron chi connectivity index (χ0n) is 17.1. The van der Waals surface area contributed by atoms with Crippen LogP contribution in [0.1, 0.15) is 79.1 Å². The Balaban J connectivity index is 1.59. The molecule has 0 spiro atoms. The summed E-state index contributed by atoms with van der Waals surface area (Å²) in [6, 6.07) is 2.65. The second-order valence-electron chi connectivity index (χ2n) is 10.7. The van der Waals surface area contributed by atoms with Crippen molar-refractivity contribution in [1.82, 2.24) is 0 Å². The Hall–Kier alpha value is -0.590. The van der Waals surface area contributed by atoms with Crippen molar-refractivity contribution >= 4 is 0 Å². The standard InChI is InChI=1S/C23H37NO2/c1-14(2)26-21-12-23(4)15(11-20(21)25)5-7-17-18-8-6-16(13-24)22(18,3)10-9-19(17)23/h14-21,25H,5-12H2,1-4H3/t15?,16-,17-,18-,19?,20-,21-,22+,23-/m0/s1. The molecule has 0 amide bonds. The molecular weight excluding hydrogens is 322 g/mol. The van der Waals surface area contributed by atoms with Crippen LogP contribution in [-0.4, -0.2) is 23.4 Å². The van der Waals surface area contributed by atoms with Gasteiger partial charge in [-0.25, -0.2) is 0 Å². The first-order valence-electron chi connectivity index (χ1n) is 11.0.